The lowest BCUT2D eigenvalue weighted by Gasteiger charge is -2.37. The number of nitrogens with zero attached hydrogens (tertiary/aromatic N) is 1. The van der Waals surface area contributed by atoms with Crippen LogP contribution in [0.5, 0.6) is 0 Å². The van der Waals surface area contributed by atoms with Crippen molar-refractivity contribution < 1.29 is 17.9 Å². The van der Waals surface area contributed by atoms with E-state index in [-0.39, 0.29) is 11.4 Å². The molecule has 1 aliphatic rings. The molecular weight excluding hydrogens is 388 g/mol. The zero-order valence-corrected chi connectivity index (χ0v) is 16.6. The Bertz CT molecular complexity index is 1130. The monoisotopic (exact) mass is 408 g/mol. The van der Waals surface area contributed by atoms with Gasteiger partial charge in [-0.25, -0.2) is 13.2 Å². The van der Waals surface area contributed by atoms with E-state index in [9.17, 15) is 13.2 Å². The number of benzene rings is 3. The molecule has 148 valence electrons. The van der Waals surface area contributed by atoms with E-state index in [0.29, 0.717) is 11.3 Å². The minimum Gasteiger partial charge on any atom is -0.465 e. The quantitative estimate of drug-likeness (QED) is 0.665. The highest BCUT2D eigenvalue weighted by molar-refractivity contribution is 7.89. The minimum absolute atomic E-state index is 0.216. The first kappa shape index (κ1) is 19.2. The number of ether oxygens (including phenoxy) is 1. The molecule has 3 aromatic carbocycles. The highest BCUT2D eigenvalue weighted by atomic mass is 32.2. The van der Waals surface area contributed by atoms with Crippen molar-refractivity contribution in [3.8, 4) is 0 Å². The first-order valence-corrected chi connectivity index (χ1v) is 10.5. The fourth-order valence-corrected chi connectivity index (χ4v) is 5.08. The standard InChI is InChI=1S/C22H20N2O4S/c1-28-22(25)18-13-11-17(12-14-18)21-23-19-9-5-6-10-20(19)29(26,27)24(21)15-16-7-3-2-4-8-16/h2-14,21,23H,15H2,1H3. The number of fused-ring (bicyclic) bond motifs is 1. The van der Waals surface area contributed by atoms with E-state index in [1.54, 1.807) is 48.5 Å². The number of carbonyl (C=O) groups excluding carboxylic acids is 1. The average Bonchev–Trinajstić information content (AvgIpc) is 2.76. The summed E-state index contributed by atoms with van der Waals surface area (Å²) >= 11 is 0. The fraction of sp³-hybridized carbons (Fsp3) is 0.136. The summed E-state index contributed by atoms with van der Waals surface area (Å²) in [5, 5.41) is 3.33. The van der Waals surface area contributed by atoms with Crippen LogP contribution in [0.3, 0.4) is 0 Å². The number of esters is 1. The van der Waals surface area contributed by atoms with Crippen LogP contribution >= 0.6 is 0 Å². The summed E-state index contributed by atoms with van der Waals surface area (Å²) in [4.78, 5) is 12.0. The third kappa shape index (κ3) is 3.62. The van der Waals surface area contributed by atoms with Gasteiger partial charge in [0.1, 0.15) is 11.1 Å². The Balaban J connectivity index is 1.78. The Morgan fingerprint density at radius 2 is 1.62 bits per heavy atom. The number of carbonyl (C=O) groups is 1. The smallest absolute Gasteiger partial charge is 0.337 e. The van der Waals surface area contributed by atoms with Crippen LogP contribution in [-0.4, -0.2) is 25.8 Å². The molecule has 7 heteroatoms. The van der Waals surface area contributed by atoms with Crippen LogP contribution < -0.4 is 5.32 Å². The molecule has 1 aliphatic heterocycles. The van der Waals surface area contributed by atoms with Crippen LogP contribution in [0.25, 0.3) is 0 Å². The van der Waals surface area contributed by atoms with Gasteiger partial charge in [-0.1, -0.05) is 54.6 Å². The van der Waals surface area contributed by atoms with Crippen molar-refractivity contribution in [3.63, 3.8) is 0 Å². The second kappa shape index (κ2) is 7.69. The van der Waals surface area contributed by atoms with Crippen molar-refractivity contribution in [2.45, 2.75) is 17.6 Å². The Hall–Kier alpha value is -3.16. The normalized spacial score (nSPS) is 17.8. The maximum atomic E-state index is 13.4. The van der Waals surface area contributed by atoms with E-state index in [1.807, 2.05) is 30.3 Å². The largest absolute Gasteiger partial charge is 0.465 e. The number of sulfonamides is 1. The second-order valence-corrected chi connectivity index (χ2v) is 8.55. The van der Waals surface area contributed by atoms with E-state index in [0.717, 1.165) is 11.1 Å². The minimum atomic E-state index is -3.73. The fourth-order valence-electron chi connectivity index (χ4n) is 3.40. The summed E-state index contributed by atoms with van der Waals surface area (Å²) in [6.45, 7) is 0.216. The molecule has 3 aromatic rings. The number of methoxy groups -OCH3 is 1. The summed E-state index contributed by atoms with van der Waals surface area (Å²) in [6, 6.07) is 23.1. The molecular formula is C22H20N2O4S. The van der Waals surface area contributed by atoms with Gasteiger partial charge < -0.3 is 10.1 Å². The summed E-state index contributed by atoms with van der Waals surface area (Å²) in [7, 11) is -2.41. The highest BCUT2D eigenvalue weighted by Gasteiger charge is 2.38. The lowest BCUT2D eigenvalue weighted by molar-refractivity contribution is 0.0600. The molecule has 0 saturated carbocycles. The van der Waals surface area contributed by atoms with E-state index < -0.39 is 22.2 Å². The molecule has 0 amide bonds. The highest BCUT2D eigenvalue weighted by Crippen LogP contribution is 2.39. The van der Waals surface area contributed by atoms with Gasteiger partial charge in [0.2, 0.25) is 10.0 Å². The van der Waals surface area contributed by atoms with Crippen LogP contribution in [-0.2, 0) is 21.3 Å². The Morgan fingerprint density at radius 1 is 0.966 bits per heavy atom. The van der Waals surface area contributed by atoms with Crippen molar-refractivity contribution in [1.82, 2.24) is 4.31 Å². The lowest BCUT2D eigenvalue weighted by Crippen LogP contribution is -2.42. The number of nitrogens with one attached hydrogen (secondary N) is 1. The maximum absolute atomic E-state index is 13.4. The third-order valence-corrected chi connectivity index (χ3v) is 6.75. The van der Waals surface area contributed by atoms with Gasteiger partial charge in [-0.15, -0.1) is 0 Å². The van der Waals surface area contributed by atoms with Crippen molar-refractivity contribution in [3.05, 3.63) is 95.6 Å². The van der Waals surface area contributed by atoms with Crippen LogP contribution in [0, 0.1) is 0 Å². The van der Waals surface area contributed by atoms with Gasteiger partial charge >= 0.3 is 5.97 Å². The van der Waals surface area contributed by atoms with Crippen molar-refractivity contribution in [1.29, 1.82) is 0 Å². The molecule has 0 spiro atoms. The zero-order chi connectivity index (χ0) is 20.4. The van der Waals surface area contributed by atoms with Gasteiger partial charge in [-0.2, -0.15) is 4.31 Å². The lowest BCUT2D eigenvalue weighted by atomic mass is 10.1. The molecule has 0 bridgehead atoms. The molecule has 1 unspecified atom stereocenters. The molecule has 0 aliphatic carbocycles. The molecule has 6 nitrogen and oxygen atoms in total. The van der Waals surface area contributed by atoms with E-state index in [4.69, 9.17) is 4.74 Å². The summed E-state index contributed by atoms with van der Waals surface area (Å²) in [5.41, 5.74) is 2.57. The number of hydrogen-bond donors (Lipinski definition) is 1. The van der Waals surface area contributed by atoms with E-state index >= 15 is 0 Å². The van der Waals surface area contributed by atoms with Gasteiger partial charge in [0.05, 0.1) is 18.4 Å². The Labute approximate surface area is 169 Å². The maximum Gasteiger partial charge on any atom is 0.337 e. The molecule has 0 aromatic heterocycles. The summed E-state index contributed by atoms with van der Waals surface area (Å²) in [5.74, 6) is -0.438. The van der Waals surface area contributed by atoms with Crippen LogP contribution in [0.15, 0.2) is 83.8 Å². The molecule has 1 heterocycles. The van der Waals surface area contributed by atoms with E-state index in [2.05, 4.69) is 5.32 Å². The molecule has 1 atom stereocenters. The first-order chi connectivity index (χ1) is 14.0. The third-order valence-electron chi connectivity index (χ3n) is 4.88. The Kier molecular flexibility index (Phi) is 5.08. The average molecular weight is 408 g/mol. The summed E-state index contributed by atoms with van der Waals surface area (Å²) in [6.07, 6.45) is -0.609. The van der Waals surface area contributed by atoms with E-state index in [1.165, 1.54) is 11.4 Å². The zero-order valence-electron chi connectivity index (χ0n) is 15.8. The number of hydrogen-bond acceptors (Lipinski definition) is 5. The van der Waals surface area contributed by atoms with Gasteiger partial charge in [0.15, 0.2) is 0 Å². The molecule has 4 rings (SSSR count). The Morgan fingerprint density at radius 3 is 2.31 bits per heavy atom. The van der Waals surface area contributed by atoms with Crippen molar-refractivity contribution in [2.75, 3.05) is 12.4 Å². The number of anilines is 1. The SMILES string of the molecule is COC(=O)c1ccc(C2Nc3ccccc3S(=O)(=O)N2Cc2ccccc2)cc1. The van der Waals surface area contributed by atoms with Crippen LogP contribution in [0.1, 0.15) is 27.7 Å². The molecule has 1 N–H and O–H groups in total. The molecule has 0 fully saturated rings. The predicted molar refractivity (Wildman–Crippen MR) is 110 cm³/mol. The van der Waals surface area contributed by atoms with Gasteiger partial charge in [0, 0.05) is 6.54 Å². The second-order valence-electron chi connectivity index (χ2n) is 6.69. The molecule has 0 radical (unpaired) electrons. The predicted octanol–water partition coefficient (Wildman–Crippen LogP) is 3.79. The molecule has 0 saturated heterocycles. The van der Waals surface area contributed by atoms with Crippen LogP contribution in [0.4, 0.5) is 5.69 Å². The number of rotatable bonds is 4. The topological polar surface area (TPSA) is 75.7 Å². The van der Waals surface area contributed by atoms with Crippen molar-refractivity contribution in [2.24, 2.45) is 0 Å². The van der Waals surface area contributed by atoms with Gasteiger partial charge in [-0.3, -0.25) is 0 Å². The van der Waals surface area contributed by atoms with Gasteiger partial charge in [0.25, 0.3) is 0 Å². The summed E-state index contributed by atoms with van der Waals surface area (Å²) < 4.78 is 33.0. The first-order valence-electron chi connectivity index (χ1n) is 9.10. The van der Waals surface area contributed by atoms with Crippen molar-refractivity contribution >= 4 is 21.7 Å². The molecule has 29 heavy (non-hydrogen) atoms. The van der Waals surface area contributed by atoms with Crippen LogP contribution in [0.2, 0.25) is 0 Å². The number of para-hydroxylation sites is 1. The van der Waals surface area contributed by atoms with Gasteiger partial charge in [-0.05, 0) is 35.4 Å².